The Bertz CT molecular complexity index is 1100. The zero-order chi connectivity index (χ0) is 26.8. The number of nitrogens with two attached hydrogens (primary N) is 1. The van der Waals surface area contributed by atoms with Crippen LogP contribution in [0.4, 0.5) is 11.4 Å². The normalized spacial score (nSPS) is 17.4. The Morgan fingerprint density at radius 3 is 2.16 bits per heavy atom. The molecule has 4 rings (SSSR count). The van der Waals surface area contributed by atoms with E-state index in [4.69, 9.17) is 24.7 Å². The number of benzene rings is 2. The van der Waals surface area contributed by atoms with Crippen molar-refractivity contribution in [2.45, 2.75) is 71.5 Å². The van der Waals surface area contributed by atoms with Crippen LogP contribution in [-0.2, 0) is 31.9 Å². The highest BCUT2D eigenvalue weighted by Crippen LogP contribution is 2.32. The second-order valence-corrected chi connectivity index (χ2v) is 9.11. The van der Waals surface area contributed by atoms with Crippen LogP contribution in [0.3, 0.4) is 0 Å². The number of hydrogen-bond acceptors (Lipinski definition) is 7. The Morgan fingerprint density at radius 1 is 0.946 bits per heavy atom. The summed E-state index contributed by atoms with van der Waals surface area (Å²) in [5.41, 5.74) is 9.56. The van der Waals surface area contributed by atoms with Crippen molar-refractivity contribution < 1.29 is 28.5 Å². The number of carbonyl (C=O) groups is 2. The SMILES string of the molecule is C=C(CC1CCc2cc(N)ccc2O1)OCC.CCOC(=O)CC1CCc2cc(NC(C)=O)ccc2O1. The topological polar surface area (TPSA) is 109 Å². The van der Waals surface area contributed by atoms with E-state index in [0.717, 1.165) is 66.3 Å². The highest BCUT2D eigenvalue weighted by atomic mass is 16.5. The zero-order valence-corrected chi connectivity index (χ0v) is 22.0. The minimum absolute atomic E-state index is 0.0955. The van der Waals surface area contributed by atoms with Gasteiger partial charge in [0.1, 0.15) is 23.7 Å². The minimum Gasteiger partial charge on any atom is -0.499 e. The zero-order valence-electron chi connectivity index (χ0n) is 22.0. The maximum atomic E-state index is 11.4. The van der Waals surface area contributed by atoms with Crippen molar-refractivity contribution in [1.29, 1.82) is 0 Å². The third kappa shape index (κ3) is 8.74. The molecule has 0 bridgehead atoms. The summed E-state index contributed by atoms with van der Waals surface area (Å²) in [5.74, 6) is 2.20. The summed E-state index contributed by atoms with van der Waals surface area (Å²) in [6, 6.07) is 11.4. The molecule has 0 fully saturated rings. The van der Waals surface area contributed by atoms with E-state index in [2.05, 4.69) is 11.9 Å². The molecule has 0 radical (unpaired) electrons. The average molecular weight is 511 g/mol. The maximum absolute atomic E-state index is 11.4. The molecule has 2 aliphatic rings. The Morgan fingerprint density at radius 2 is 1.54 bits per heavy atom. The highest BCUT2D eigenvalue weighted by molar-refractivity contribution is 5.88. The largest absolute Gasteiger partial charge is 0.499 e. The number of ether oxygens (including phenoxy) is 4. The van der Waals surface area contributed by atoms with Gasteiger partial charge >= 0.3 is 5.97 Å². The lowest BCUT2D eigenvalue weighted by Gasteiger charge is -2.26. The summed E-state index contributed by atoms with van der Waals surface area (Å²) in [7, 11) is 0. The molecule has 0 aliphatic carbocycles. The van der Waals surface area contributed by atoms with Crippen molar-refractivity contribution in [3.63, 3.8) is 0 Å². The lowest BCUT2D eigenvalue weighted by atomic mass is 9.99. The van der Waals surface area contributed by atoms with E-state index in [9.17, 15) is 9.59 Å². The Kier molecular flexibility index (Phi) is 10.2. The van der Waals surface area contributed by atoms with Gasteiger partial charge in [-0.2, -0.15) is 0 Å². The van der Waals surface area contributed by atoms with E-state index >= 15 is 0 Å². The summed E-state index contributed by atoms with van der Waals surface area (Å²) >= 11 is 0. The molecule has 0 aromatic heterocycles. The van der Waals surface area contributed by atoms with E-state index in [-0.39, 0.29) is 30.5 Å². The van der Waals surface area contributed by atoms with E-state index in [1.54, 1.807) is 13.0 Å². The number of hydrogen-bond donors (Lipinski definition) is 2. The van der Waals surface area contributed by atoms with Gasteiger partial charge < -0.3 is 30.0 Å². The van der Waals surface area contributed by atoms with Gasteiger partial charge in [-0.15, -0.1) is 0 Å². The second kappa shape index (κ2) is 13.6. The highest BCUT2D eigenvalue weighted by Gasteiger charge is 2.23. The van der Waals surface area contributed by atoms with Crippen LogP contribution in [0.2, 0.25) is 0 Å². The molecule has 200 valence electrons. The molecule has 2 aromatic carbocycles. The van der Waals surface area contributed by atoms with Gasteiger partial charge in [-0.3, -0.25) is 9.59 Å². The van der Waals surface area contributed by atoms with E-state index in [1.807, 2.05) is 37.3 Å². The fourth-order valence-electron chi connectivity index (χ4n) is 4.40. The number of aryl methyl sites for hydroxylation is 2. The van der Waals surface area contributed by atoms with Gasteiger partial charge in [0.25, 0.3) is 0 Å². The van der Waals surface area contributed by atoms with Crippen molar-refractivity contribution in [1.82, 2.24) is 0 Å². The molecule has 0 spiro atoms. The van der Waals surface area contributed by atoms with Crippen molar-refractivity contribution in [2.75, 3.05) is 24.3 Å². The van der Waals surface area contributed by atoms with Crippen molar-refractivity contribution in [3.8, 4) is 11.5 Å². The van der Waals surface area contributed by atoms with Gasteiger partial charge in [-0.1, -0.05) is 6.58 Å². The number of amides is 1. The van der Waals surface area contributed by atoms with Crippen LogP contribution in [0.5, 0.6) is 11.5 Å². The summed E-state index contributed by atoms with van der Waals surface area (Å²) in [5, 5.41) is 2.75. The van der Waals surface area contributed by atoms with Crippen LogP contribution in [0.1, 0.15) is 57.6 Å². The molecule has 8 heteroatoms. The van der Waals surface area contributed by atoms with Gasteiger partial charge in [0.15, 0.2) is 0 Å². The summed E-state index contributed by atoms with van der Waals surface area (Å²) in [6.45, 7) is 10.2. The Hall–Kier alpha value is -3.68. The number of esters is 1. The smallest absolute Gasteiger partial charge is 0.309 e. The third-order valence-electron chi connectivity index (χ3n) is 6.03. The number of carbonyl (C=O) groups excluding carboxylic acids is 2. The first kappa shape index (κ1) is 27.9. The van der Waals surface area contributed by atoms with Crippen molar-refractivity contribution in [3.05, 3.63) is 59.9 Å². The molecule has 3 N–H and O–H groups in total. The van der Waals surface area contributed by atoms with Gasteiger partial charge in [0.2, 0.25) is 5.91 Å². The molecule has 2 heterocycles. The number of anilines is 2. The molecule has 2 aromatic rings. The molecule has 2 unspecified atom stereocenters. The predicted octanol–water partition coefficient (Wildman–Crippen LogP) is 5.19. The number of fused-ring (bicyclic) bond motifs is 2. The number of nitrogen functional groups attached to an aromatic ring is 1. The van der Waals surface area contributed by atoms with Gasteiger partial charge in [-0.05, 0) is 87.1 Å². The molecule has 1 amide bonds. The van der Waals surface area contributed by atoms with E-state index in [0.29, 0.717) is 13.2 Å². The Balaban J connectivity index is 0.000000208. The lowest BCUT2D eigenvalue weighted by molar-refractivity contribution is -0.145. The van der Waals surface area contributed by atoms with Crippen LogP contribution in [0, 0.1) is 0 Å². The van der Waals surface area contributed by atoms with Crippen LogP contribution >= 0.6 is 0 Å². The minimum atomic E-state index is -0.226. The van der Waals surface area contributed by atoms with Crippen molar-refractivity contribution >= 4 is 23.3 Å². The van der Waals surface area contributed by atoms with E-state index < -0.39 is 0 Å². The molecule has 2 atom stereocenters. The van der Waals surface area contributed by atoms with Gasteiger partial charge in [0, 0.05) is 24.7 Å². The summed E-state index contributed by atoms with van der Waals surface area (Å²) in [4.78, 5) is 22.5. The quantitative estimate of drug-likeness (QED) is 0.286. The lowest BCUT2D eigenvalue weighted by Crippen LogP contribution is -2.26. The molecule has 0 saturated carbocycles. The standard InChI is InChI=1S/C15H19NO4.C14H19NO2/c1-3-19-15(18)9-13-6-4-11-8-12(16-10(2)17)5-7-14(11)20-13;1-3-16-10(2)8-13-6-4-11-9-12(15)5-7-14(11)17-13/h5,7-8,13H,3-4,6,9H2,1-2H3,(H,16,17);5,7,9,13H,2-4,6,8,15H2,1H3. The Labute approximate surface area is 219 Å². The van der Waals surface area contributed by atoms with Gasteiger partial charge in [-0.25, -0.2) is 0 Å². The van der Waals surface area contributed by atoms with Crippen LogP contribution in [-0.4, -0.2) is 37.3 Å². The number of nitrogens with one attached hydrogen (secondary N) is 1. The summed E-state index contributed by atoms with van der Waals surface area (Å²) in [6.07, 6.45) is 4.67. The maximum Gasteiger partial charge on any atom is 0.309 e. The first-order valence-corrected chi connectivity index (χ1v) is 12.9. The molecule has 37 heavy (non-hydrogen) atoms. The molecule has 8 nitrogen and oxygen atoms in total. The van der Waals surface area contributed by atoms with E-state index in [1.165, 1.54) is 12.5 Å². The first-order chi connectivity index (χ1) is 17.8. The molecular formula is C29H38N2O6. The van der Waals surface area contributed by atoms with Crippen LogP contribution in [0.25, 0.3) is 0 Å². The van der Waals surface area contributed by atoms with Crippen LogP contribution < -0.4 is 20.5 Å². The number of rotatable bonds is 8. The molecule has 2 aliphatic heterocycles. The average Bonchev–Trinajstić information content (AvgIpc) is 2.84. The summed E-state index contributed by atoms with van der Waals surface area (Å²) < 4.78 is 22.0. The molecular weight excluding hydrogens is 472 g/mol. The predicted molar refractivity (Wildman–Crippen MR) is 144 cm³/mol. The fourth-order valence-corrected chi connectivity index (χ4v) is 4.40. The van der Waals surface area contributed by atoms with Gasteiger partial charge in [0.05, 0.1) is 25.4 Å². The van der Waals surface area contributed by atoms with Crippen molar-refractivity contribution in [2.24, 2.45) is 0 Å². The third-order valence-corrected chi connectivity index (χ3v) is 6.03. The monoisotopic (exact) mass is 510 g/mol. The first-order valence-electron chi connectivity index (χ1n) is 12.9. The van der Waals surface area contributed by atoms with Crippen LogP contribution in [0.15, 0.2) is 48.7 Å². The molecule has 0 saturated heterocycles. The fraction of sp³-hybridized carbons (Fsp3) is 0.448. The second-order valence-electron chi connectivity index (χ2n) is 9.11.